The molecule has 5 nitrogen and oxygen atoms in total. The summed E-state index contributed by atoms with van der Waals surface area (Å²) in [6, 6.07) is 10.8. The lowest BCUT2D eigenvalue weighted by Crippen LogP contribution is -2.46. The third-order valence-electron chi connectivity index (χ3n) is 4.79. The fourth-order valence-corrected chi connectivity index (χ4v) is 4.50. The van der Waals surface area contributed by atoms with Gasteiger partial charge in [0.15, 0.2) is 0 Å². The molecule has 0 atom stereocenters. The van der Waals surface area contributed by atoms with E-state index in [4.69, 9.17) is 0 Å². The summed E-state index contributed by atoms with van der Waals surface area (Å²) < 4.78 is 66.6. The SMILES string of the molecule is CCN1CCN(c2ccc(NS(=O)(=O)c3ccccc3C(F)(F)F)cc2)CC1. The zero-order valence-electron chi connectivity index (χ0n) is 15.4. The van der Waals surface area contributed by atoms with E-state index in [9.17, 15) is 21.6 Å². The molecule has 2 aromatic rings. The van der Waals surface area contributed by atoms with Crippen LogP contribution in [0.25, 0.3) is 0 Å². The molecule has 28 heavy (non-hydrogen) atoms. The number of nitrogens with zero attached hydrogens (tertiary/aromatic N) is 2. The number of anilines is 2. The zero-order valence-corrected chi connectivity index (χ0v) is 16.2. The Kier molecular flexibility index (Phi) is 5.85. The van der Waals surface area contributed by atoms with Gasteiger partial charge >= 0.3 is 6.18 Å². The van der Waals surface area contributed by atoms with E-state index in [-0.39, 0.29) is 5.69 Å². The number of benzene rings is 2. The monoisotopic (exact) mass is 413 g/mol. The molecule has 0 saturated carbocycles. The number of piperazine rings is 1. The molecule has 0 bridgehead atoms. The number of rotatable bonds is 5. The first-order valence-electron chi connectivity index (χ1n) is 8.97. The number of likely N-dealkylation sites (N-methyl/N-ethyl adjacent to an activating group) is 1. The van der Waals surface area contributed by atoms with Crippen LogP contribution in [0.5, 0.6) is 0 Å². The summed E-state index contributed by atoms with van der Waals surface area (Å²) in [5, 5.41) is 0. The number of sulfonamides is 1. The van der Waals surface area contributed by atoms with E-state index in [1.165, 1.54) is 6.07 Å². The van der Waals surface area contributed by atoms with Gasteiger partial charge in [-0.1, -0.05) is 19.1 Å². The fraction of sp³-hybridized carbons (Fsp3) is 0.368. The molecule has 152 valence electrons. The van der Waals surface area contributed by atoms with Crippen molar-refractivity contribution in [3.63, 3.8) is 0 Å². The first kappa shape index (κ1) is 20.5. The minimum atomic E-state index is -4.75. The largest absolute Gasteiger partial charge is 0.417 e. The summed E-state index contributed by atoms with van der Waals surface area (Å²) in [5.74, 6) is 0. The second-order valence-corrected chi connectivity index (χ2v) is 8.22. The predicted octanol–water partition coefficient (Wildman–Crippen LogP) is 3.65. The van der Waals surface area contributed by atoms with Gasteiger partial charge in [0.25, 0.3) is 10.0 Å². The molecule has 0 aromatic heterocycles. The highest BCUT2D eigenvalue weighted by Gasteiger charge is 2.36. The molecule has 1 saturated heterocycles. The van der Waals surface area contributed by atoms with Crippen molar-refractivity contribution in [2.24, 2.45) is 0 Å². The Hall–Kier alpha value is -2.26. The molecular weight excluding hydrogens is 391 g/mol. The molecule has 0 unspecified atom stereocenters. The molecule has 0 radical (unpaired) electrons. The van der Waals surface area contributed by atoms with Gasteiger partial charge in [-0.05, 0) is 42.9 Å². The van der Waals surface area contributed by atoms with E-state index in [0.717, 1.165) is 56.6 Å². The van der Waals surface area contributed by atoms with Crippen LogP contribution in [0, 0.1) is 0 Å². The Morgan fingerprint density at radius 3 is 2.14 bits per heavy atom. The third kappa shape index (κ3) is 4.59. The van der Waals surface area contributed by atoms with Crippen molar-refractivity contribution in [3.05, 3.63) is 54.1 Å². The van der Waals surface area contributed by atoms with E-state index in [1.54, 1.807) is 24.3 Å². The molecule has 1 heterocycles. The van der Waals surface area contributed by atoms with Gasteiger partial charge in [0.05, 0.1) is 10.5 Å². The van der Waals surface area contributed by atoms with Crippen molar-refractivity contribution in [2.45, 2.75) is 18.0 Å². The lowest BCUT2D eigenvalue weighted by atomic mass is 10.2. The Labute approximate surface area is 162 Å². The maximum absolute atomic E-state index is 13.1. The molecule has 1 N–H and O–H groups in total. The predicted molar refractivity (Wildman–Crippen MR) is 103 cm³/mol. The van der Waals surface area contributed by atoms with Crippen molar-refractivity contribution in [2.75, 3.05) is 42.3 Å². The number of hydrogen-bond acceptors (Lipinski definition) is 4. The molecule has 3 rings (SSSR count). The zero-order chi connectivity index (χ0) is 20.4. The van der Waals surface area contributed by atoms with E-state index >= 15 is 0 Å². The summed E-state index contributed by atoms with van der Waals surface area (Å²) in [4.78, 5) is 3.75. The van der Waals surface area contributed by atoms with Gasteiger partial charge in [-0.15, -0.1) is 0 Å². The maximum Gasteiger partial charge on any atom is 0.417 e. The van der Waals surface area contributed by atoms with Crippen molar-refractivity contribution >= 4 is 21.4 Å². The molecule has 2 aromatic carbocycles. The van der Waals surface area contributed by atoms with Crippen LogP contribution in [-0.4, -0.2) is 46.0 Å². The Morgan fingerprint density at radius 2 is 1.57 bits per heavy atom. The minimum Gasteiger partial charge on any atom is -0.369 e. The lowest BCUT2D eigenvalue weighted by molar-refractivity contribution is -0.139. The lowest BCUT2D eigenvalue weighted by Gasteiger charge is -2.35. The summed E-state index contributed by atoms with van der Waals surface area (Å²) in [7, 11) is -4.37. The molecule has 9 heteroatoms. The van der Waals surface area contributed by atoms with E-state index in [0.29, 0.717) is 0 Å². The second-order valence-electron chi connectivity index (χ2n) is 6.57. The van der Waals surface area contributed by atoms with Crippen LogP contribution in [0.4, 0.5) is 24.5 Å². The summed E-state index contributed by atoms with van der Waals surface area (Å²) in [6.45, 7) is 6.79. The van der Waals surface area contributed by atoms with Gasteiger partial charge < -0.3 is 9.80 Å². The third-order valence-corrected chi connectivity index (χ3v) is 6.23. The highest BCUT2D eigenvalue weighted by atomic mass is 32.2. The molecule has 1 aliphatic heterocycles. The quantitative estimate of drug-likeness (QED) is 0.813. The van der Waals surface area contributed by atoms with Crippen molar-refractivity contribution < 1.29 is 21.6 Å². The van der Waals surface area contributed by atoms with Crippen LogP contribution in [0.15, 0.2) is 53.4 Å². The normalized spacial score (nSPS) is 16.2. The van der Waals surface area contributed by atoms with Gasteiger partial charge in [0.2, 0.25) is 0 Å². The first-order valence-corrected chi connectivity index (χ1v) is 10.5. The van der Waals surface area contributed by atoms with Crippen LogP contribution >= 0.6 is 0 Å². The van der Waals surface area contributed by atoms with Crippen LogP contribution in [0.1, 0.15) is 12.5 Å². The van der Waals surface area contributed by atoms with Gasteiger partial charge in [-0.2, -0.15) is 13.2 Å². The van der Waals surface area contributed by atoms with Crippen molar-refractivity contribution in [1.82, 2.24) is 4.90 Å². The maximum atomic E-state index is 13.1. The Balaban J connectivity index is 1.76. The minimum absolute atomic E-state index is 0.216. The van der Waals surface area contributed by atoms with Crippen LogP contribution in [0.3, 0.4) is 0 Å². The van der Waals surface area contributed by atoms with Crippen molar-refractivity contribution in [1.29, 1.82) is 0 Å². The van der Waals surface area contributed by atoms with Crippen LogP contribution in [-0.2, 0) is 16.2 Å². The molecule has 1 aliphatic rings. The number of hydrogen-bond donors (Lipinski definition) is 1. The molecule has 0 aliphatic carbocycles. The molecule has 1 fully saturated rings. The Morgan fingerprint density at radius 1 is 0.964 bits per heavy atom. The smallest absolute Gasteiger partial charge is 0.369 e. The fourth-order valence-electron chi connectivity index (χ4n) is 3.21. The number of nitrogens with one attached hydrogen (secondary N) is 1. The first-order chi connectivity index (χ1) is 13.2. The standard InChI is InChI=1S/C19H22F3N3O2S/c1-2-24-11-13-25(14-12-24)16-9-7-15(8-10-16)23-28(26,27)18-6-4-3-5-17(18)19(20,21)22/h3-10,23H,2,11-14H2,1H3. The Bertz CT molecular complexity index is 907. The van der Waals surface area contributed by atoms with Crippen LogP contribution in [0.2, 0.25) is 0 Å². The summed E-state index contributed by atoms with van der Waals surface area (Å²) >= 11 is 0. The highest BCUT2D eigenvalue weighted by molar-refractivity contribution is 7.92. The van der Waals surface area contributed by atoms with Gasteiger partial charge in [-0.25, -0.2) is 8.42 Å². The highest BCUT2D eigenvalue weighted by Crippen LogP contribution is 2.34. The number of alkyl halides is 3. The molecule has 0 spiro atoms. The van der Waals surface area contributed by atoms with Gasteiger partial charge in [-0.3, -0.25) is 4.72 Å². The topological polar surface area (TPSA) is 52.6 Å². The summed E-state index contributed by atoms with van der Waals surface area (Å²) in [6.07, 6.45) is -4.75. The number of halogens is 3. The second kappa shape index (κ2) is 8.00. The molecule has 0 amide bonds. The average Bonchev–Trinajstić information content (AvgIpc) is 2.68. The summed E-state index contributed by atoms with van der Waals surface area (Å²) in [5.41, 5.74) is -0.0183. The van der Waals surface area contributed by atoms with E-state index in [2.05, 4.69) is 21.4 Å². The molecular formula is C19H22F3N3O2S. The van der Waals surface area contributed by atoms with Crippen LogP contribution < -0.4 is 9.62 Å². The van der Waals surface area contributed by atoms with E-state index in [1.807, 2.05) is 0 Å². The van der Waals surface area contributed by atoms with E-state index < -0.39 is 26.7 Å². The van der Waals surface area contributed by atoms with Gasteiger partial charge in [0.1, 0.15) is 0 Å². The average molecular weight is 413 g/mol. The van der Waals surface area contributed by atoms with Crippen molar-refractivity contribution in [3.8, 4) is 0 Å². The van der Waals surface area contributed by atoms with Gasteiger partial charge in [0, 0.05) is 37.6 Å².